The zero-order valence-electron chi connectivity index (χ0n) is 12.0. The van der Waals surface area contributed by atoms with Crippen molar-refractivity contribution in [2.75, 3.05) is 19.6 Å². The first-order chi connectivity index (χ1) is 8.08. The van der Waals surface area contributed by atoms with Gasteiger partial charge in [-0.3, -0.25) is 4.90 Å². The molecule has 1 N–H and O–H groups in total. The van der Waals surface area contributed by atoms with Crippen LogP contribution in [0.5, 0.6) is 0 Å². The highest BCUT2D eigenvalue weighted by molar-refractivity contribution is 4.88. The number of likely N-dealkylation sites (tertiary alicyclic amines) is 1. The fraction of sp³-hybridized carbons (Fsp3) is 1.00. The Morgan fingerprint density at radius 1 is 1.18 bits per heavy atom. The van der Waals surface area contributed by atoms with E-state index >= 15 is 0 Å². The van der Waals surface area contributed by atoms with E-state index in [0.717, 1.165) is 12.0 Å². The maximum atomic E-state index is 3.77. The van der Waals surface area contributed by atoms with Crippen molar-refractivity contribution in [1.82, 2.24) is 10.2 Å². The summed E-state index contributed by atoms with van der Waals surface area (Å²) in [7, 11) is 0. The van der Waals surface area contributed by atoms with Gasteiger partial charge in [0.25, 0.3) is 0 Å². The number of rotatable bonds is 4. The third-order valence-electron chi connectivity index (χ3n) is 4.90. The van der Waals surface area contributed by atoms with E-state index in [1.807, 2.05) is 0 Å². The molecule has 2 rings (SSSR count). The third kappa shape index (κ3) is 3.69. The van der Waals surface area contributed by atoms with Crippen LogP contribution < -0.4 is 5.32 Å². The van der Waals surface area contributed by atoms with Crippen molar-refractivity contribution in [2.24, 2.45) is 5.92 Å². The van der Waals surface area contributed by atoms with E-state index in [9.17, 15) is 0 Å². The Morgan fingerprint density at radius 2 is 1.88 bits per heavy atom. The van der Waals surface area contributed by atoms with Gasteiger partial charge < -0.3 is 5.32 Å². The molecule has 0 amide bonds. The molecule has 0 bridgehead atoms. The monoisotopic (exact) mass is 238 g/mol. The first kappa shape index (κ1) is 13.4. The summed E-state index contributed by atoms with van der Waals surface area (Å²) >= 11 is 0. The number of nitrogens with zero attached hydrogens (tertiary/aromatic N) is 1. The minimum absolute atomic E-state index is 0.447. The molecule has 17 heavy (non-hydrogen) atoms. The van der Waals surface area contributed by atoms with Gasteiger partial charge in [-0.1, -0.05) is 6.92 Å². The van der Waals surface area contributed by atoms with E-state index in [0.29, 0.717) is 5.54 Å². The summed E-state index contributed by atoms with van der Waals surface area (Å²) in [5, 5.41) is 3.77. The summed E-state index contributed by atoms with van der Waals surface area (Å²) in [6.45, 7) is 10.9. The molecule has 1 saturated carbocycles. The van der Waals surface area contributed by atoms with Crippen LogP contribution in [0.25, 0.3) is 0 Å². The van der Waals surface area contributed by atoms with Crippen molar-refractivity contribution in [3.8, 4) is 0 Å². The van der Waals surface area contributed by atoms with Crippen molar-refractivity contribution in [1.29, 1.82) is 0 Å². The maximum absolute atomic E-state index is 3.77. The largest absolute Gasteiger partial charge is 0.313 e. The van der Waals surface area contributed by atoms with Crippen LogP contribution in [-0.4, -0.2) is 36.1 Å². The summed E-state index contributed by atoms with van der Waals surface area (Å²) in [4.78, 5) is 2.66. The van der Waals surface area contributed by atoms with Crippen LogP contribution in [0.1, 0.15) is 59.3 Å². The van der Waals surface area contributed by atoms with E-state index in [4.69, 9.17) is 0 Å². The molecule has 1 saturated heterocycles. The fourth-order valence-electron chi connectivity index (χ4n) is 3.45. The average molecular weight is 238 g/mol. The summed E-state index contributed by atoms with van der Waals surface area (Å²) in [5.74, 6) is 0.963. The van der Waals surface area contributed by atoms with Gasteiger partial charge >= 0.3 is 0 Å². The van der Waals surface area contributed by atoms with Gasteiger partial charge in [0.2, 0.25) is 0 Å². The minimum atomic E-state index is 0.447. The molecule has 0 radical (unpaired) electrons. The molecule has 1 aliphatic heterocycles. The molecular weight excluding hydrogens is 208 g/mol. The lowest BCUT2D eigenvalue weighted by molar-refractivity contribution is 0.171. The molecular formula is C15H30N2. The Kier molecular flexibility index (Phi) is 4.48. The van der Waals surface area contributed by atoms with E-state index in [-0.39, 0.29) is 0 Å². The average Bonchev–Trinajstić information content (AvgIpc) is 2.61. The van der Waals surface area contributed by atoms with E-state index in [2.05, 4.69) is 31.0 Å². The molecule has 0 spiro atoms. The van der Waals surface area contributed by atoms with Gasteiger partial charge in [0, 0.05) is 24.7 Å². The van der Waals surface area contributed by atoms with Crippen molar-refractivity contribution in [3.63, 3.8) is 0 Å². The molecule has 0 aromatic heterocycles. The fourth-order valence-corrected chi connectivity index (χ4v) is 3.45. The minimum Gasteiger partial charge on any atom is -0.313 e. The SMILES string of the molecule is CC1CCC(NCCN2CCCC2(C)C)CC1. The number of hydrogen-bond donors (Lipinski definition) is 1. The zero-order chi connectivity index (χ0) is 12.3. The predicted octanol–water partition coefficient (Wildman–Crippen LogP) is 3.03. The molecule has 0 aromatic rings. The Hall–Kier alpha value is -0.0800. The van der Waals surface area contributed by atoms with Gasteiger partial charge in [-0.25, -0.2) is 0 Å². The van der Waals surface area contributed by atoms with E-state index < -0.39 is 0 Å². The Labute approximate surface area is 107 Å². The van der Waals surface area contributed by atoms with Gasteiger partial charge in [-0.2, -0.15) is 0 Å². The molecule has 100 valence electrons. The second-order valence-corrected chi connectivity index (χ2v) is 6.81. The van der Waals surface area contributed by atoms with Crippen molar-refractivity contribution in [3.05, 3.63) is 0 Å². The molecule has 2 aliphatic rings. The van der Waals surface area contributed by atoms with Crippen LogP contribution in [-0.2, 0) is 0 Å². The lowest BCUT2D eigenvalue weighted by Crippen LogP contribution is -2.44. The standard InChI is InChI=1S/C15H30N2/c1-13-5-7-14(8-6-13)16-10-12-17-11-4-9-15(17,2)3/h13-14,16H,4-12H2,1-3H3. The summed E-state index contributed by atoms with van der Waals surface area (Å²) < 4.78 is 0. The Bertz CT molecular complexity index is 229. The van der Waals surface area contributed by atoms with Gasteiger partial charge in [0.1, 0.15) is 0 Å². The smallest absolute Gasteiger partial charge is 0.0154 e. The molecule has 0 atom stereocenters. The third-order valence-corrected chi connectivity index (χ3v) is 4.90. The molecule has 0 aromatic carbocycles. The first-order valence-electron chi connectivity index (χ1n) is 7.56. The predicted molar refractivity (Wildman–Crippen MR) is 74.3 cm³/mol. The molecule has 2 fully saturated rings. The normalized spacial score (nSPS) is 34.1. The summed E-state index contributed by atoms with van der Waals surface area (Å²) in [6.07, 6.45) is 8.39. The second-order valence-electron chi connectivity index (χ2n) is 6.81. The highest BCUT2D eigenvalue weighted by Gasteiger charge is 2.31. The van der Waals surface area contributed by atoms with Crippen LogP contribution in [0.3, 0.4) is 0 Å². The molecule has 2 heteroatoms. The number of nitrogens with one attached hydrogen (secondary N) is 1. The zero-order valence-corrected chi connectivity index (χ0v) is 12.0. The van der Waals surface area contributed by atoms with Crippen LogP contribution in [0.4, 0.5) is 0 Å². The quantitative estimate of drug-likeness (QED) is 0.810. The molecule has 2 nitrogen and oxygen atoms in total. The number of hydrogen-bond acceptors (Lipinski definition) is 2. The lowest BCUT2D eigenvalue weighted by atomic mass is 9.87. The van der Waals surface area contributed by atoms with Crippen LogP contribution in [0.2, 0.25) is 0 Å². The summed E-state index contributed by atoms with van der Waals surface area (Å²) in [5.41, 5.74) is 0.447. The summed E-state index contributed by atoms with van der Waals surface area (Å²) in [6, 6.07) is 0.803. The van der Waals surface area contributed by atoms with Crippen LogP contribution in [0.15, 0.2) is 0 Å². The first-order valence-corrected chi connectivity index (χ1v) is 7.56. The van der Waals surface area contributed by atoms with Crippen molar-refractivity contribution in [2.45, 2.75) is 70.9 Å². The Morgan fingerprint density at radius 3 is 2.47 bits per heavy atom. The van der Waals surface area contributed by atoms with Crippen molar-refractivity contribution < 1.29 is 0 Å². The topological polar surface area (TPSA) is 15.3 Å². The van der Waals surface area contributed by atoms with E-state index in [1.54, 1.807) is 0 Å². The molecule has 1 aliphatic carbocycles. The van der Waals surface area contributed by atoms with E-state index in [1.165, 1.54) is 58.2 Å². The van der Waals surface area contributed by atoms with Gasteiger partial charge in [-0.15, -0.1) is 0 Å². The van der Waals surface area contributed by atoms with Gasteiger partial charge in [0.15, 0.2) is 0 Å². The second kappa shape index (κ2) is 5.71. The van der Waals surface area contributed by atoms with Crippen molar-refractivity contribution >= 4 is 0 Å². The molecule has 1 heterocycles. The Balaban J connectivity index is 1.63. The molecule has 0 unspecified atom stereocenters. The maximum Gasteiger partial charge on any atom is 0.0154 e. The highest BCUT2D eigenvalue weighted by atomic mass is 15.2. The lowest BCUT2D eigenvalue weighted by Gasteiger charge is -2.33. The van der Waals surface area contributed by atoms with Crippen LogP contribution in [0, 0.1) is 5.92 Å². The van der Waals surface area contributed by atoms with Gasteiger partial charge in [0.05, 0.1) is 0 Å². The van der Waals surface area contributed by atoms with Crippen LogP contribution >= 0.6 is 0 Å². The highest BCUT2D eigenvalue weighted by Crippen LogP contribution is 2.27. The van der Waals surface area contributed by atoms with Gasteiger partial charge in [-0.05, 0) is 64.8 Å².